The predicted octanol–water partition coefficient (Wildman–Crippen LogP) is 0.608. The minimum Gasteiger partial charge on any atom is -0.475 e. The summed E-state index contributed by atoms with van der Waals surface area (Å²) < 4.78 is 15.7. The van der Waals surface area contributed by atoms with E-state index in [1.54, 1.807) is 25.4 Å². The summed E-state index contributed by atoms with van der Waals surface area (Å²) in [7, 11) is 1.65. The molecule has 0 unspecified atom stereocenters. The van der Waals surface area contributed by atoms with Crippen molar-refractivity contribution in [2.45, 2.75) is 6.42 Å². The van der Waals surface area contributed by atoms with E-state index in [-0.39, 0.29) is 5.84 Å². The molecule has 0 bridgehead atoms. The third-order valence-electron chi connectivity index (χ3n) is 2.26. The quantitative estimate of drug-likeness (QED) is 0.224. The summed E-state index contributed by atoms with van der Waals surface area (Å²) in [4.78, 5) is 4.03. The Kier molecular flexibility index (Phi) is 7.30. The lowest BCUT2D eigenvalue weighted by Crippen LogP contribution is -2.17. The van der Waals surface area contributed by atoms with Gasteiger partial charge in [0.05, 0.1) is 12.2 Å². The maximum Gasteiger partial charge on any atom is 0.224 e. The molecule has 0 fully saturated rings. The fraction of sp³-hybridized carbons (Fsp3) is 0.500. The van der Waals surface area contributed by atoms with Crippen LogP contribution in [-0.2, 0) is 9.47 Å². The summed E-state index contributed by atoms with van der Waals surface area (Å²) in [5.74, 6) is 0.280. The van der Waals surface area contributed by atoms with Gasteiger partial charge in [-0.15, -0.1) is 0 Å². The first-order chi connectivity index (χ1) is 9.29. The Labute approximate surface area is 112 Å². The number of pyridine rings is 1. The molecule has 7 heteroatoms. The van der Waals surface area contributed by atoms with Crippen LogP contribution >= 0.6 is 0 Å². The minimum atomic E-state index is -0.0379. The summed E-state index contributed by atoms with van der Waals surface area (Å²) in [6, 6.07) is 3.35. The van der Waals surface area contributed by atoms with Crippen LogP contribution in [0, 0.1) is 0 Å². The van der Waals surface area contributed by atoms with Crippen LogP contribution in [0.15, 0.2) is 23.5 Å². The molecule has 1 heterocycles. The molecule has 0 atom stereocenters. The van der Waals surface area contributed by atoms with Crippen LogP contribution < -0.4 is 10.5 Å². The van der Waals surface area contributed by atoms with Crippen molar-refractivity contribution >= 4 is 5.84 Å². The largest absolute Gasteiger partial charge is 0.475 e. The molecule has 1 rings (SSSR count). The second-order valence-corrected chi connectivity index (χ2v) is 3.65. The molecular weight excluding hydrogens is 250 g/mol. The van der Waals surface area contributed by atoms with Gasteiger partial charge in [-0.2, -0.15) is 0 Å². The fourth-order valence-electron chi connectivity index (χ4n) is 1.36. The third-order valence-corrected chi connectivity index (χ3v) is 2.26. The van der Waals surface area contributed by atoms with E-state index in [1.807, 2.05) is 0 Å². The lowest BCUT2D eigenvalue weighted by Gasteiger charge is -2.09. The Morgan fingerprint density at radius 1 is 1.37 bits per heavy atom. The number of oxime groups is 1. The highest BCUT2D eigenvalue weighted by Gasteiger charge is 2.08. The second-order valence-electron chi connectivity index (χ2n) is 3.65. The number of hydrogen-bond acceptors (Lipinski definition) is 6. The van der Waals surface area contributed by atoms with Gasteiger partial charge in [0.25, 0.3) is 0 Å². The van der Waals surface area contributed by atoms with Gasteiger partial charge in [-0.1, -0.05) is 5.16 Å². The summed E-state index contributed by atoms with van der Waals surface area (Å²) >= 11 is 0. The number of nitrogens with zero attached hydrogens (tertiary/aromatic N) is 2. The van der Waals surface area contributed by atoms with Gasteiger partial charge in [0.15, 0.2) is 5.84 Å². The van der Waals surface area contributed by atoms with E-state index in [4.69, 9.17) is 25.2 Å². The van der Waals surface area contributed by atoms with Crippen molar-refractivity contribution in [3.63, 3.8) is 0 Å². The molecule has 0 spiro atoms. The number of ether oxygens (including phenoxy) is 3. The van der Waals surface area contributed by atoms with Crippen molar-refractivity contribution in [1.29, 1.82) is 0 Å². The van der Waals surface area contributed by atoms with Gasteiger partial charge in [0.1, 0.15) is 6.61 Å². The van der Waals surface area contributed by atoms with Crippen LogP contribution in [0.3, 0.4) is 0 Å². The molecule has 1 aromatic heterocycles. The van der Waals surface area contributed by atoms with Gasteiger partial charge in [0.2, 0.25) is 5.88 Å². The van der Waals surface area contributed by atoms with E-state index in [1.165, 1.54) is 0 Å². The summed E-state index contributed by atoms with van der Waals surface area (Å²) in [6.07, 6.45) is 2.42. The minimum absolute atomic E-state index is 0.0379. The molecule has 0 saturated heterocycles. The number of hydrogen-bond donors (Lipinski definition) is 2. The molecule has 0 amide bonds. The summed E-state index contributed by atoms with van der Waals surface area (Å²) in [5.41, 5.74) is 5.96. The Balaban J connectivity index is 2.33. The van der Waals surface area contributed by atoms with Crippen LogP contribution in [0.4, 0.5) is 0 Å². The molecule has 0 aliphatic heterocycles. The van der Waals surface area contributed by atoms with Crippen LogP contribution in [0.1, 0.15) is 12.0 Å². The van der Waals surface area contributed by atoms with Crippen LogP contribution in [-0.4, -0.2) is 49.6 Å². The Morgan fingerprint density at radius 3 is 2.95 bits per heavy atom. The van der Waals surface area contributed by atoms with E-state index < -0.39 is 0 Å². The molecular formula is C12H19N3O4. The number of methoxy groups -OCH3 is 1. The standard InChI is InChI=1S/C12H19N3O4/c1-17-6-3-7-18-8-9-19-12-10(11(13)15-16)4-2-5-14-12/h2,4-5,16H,3,6-9H2,1H3,(H2,13,15). The number of amidine groups is 1. The summed E-state index contributed by atoms with van der Waals surface area (Å²) in [5, 5.41) is 11.6. The fourth-order valence-corrected chi connectivity index (χ4v) is 1.36. The topological polar surface area (TPSA) is 99.2 Å². The first kappa shape index (κ1) is 15.2. The van der Waals surface area contributed by atoms with Crippen LogP contribution in [0.5, 0.6) is 5.88 Å². The molecule has 1 aromatic rings. The van der Waals surface area contributed by atoms with Crippen molar-refractivity contribution < 1.29 is 19.4 Å². The molecule has 3 N–H and O–H groups in total. The highest BCUT2D eigenvalue weighted by Crippen LogP contribution is 2.13. The predicted molar refractivity (Wildman–Crippen MR) is 69.6 cm³/mol. The third kappa shape index (κ3) is 5.54. The smallest absolute Gasteiger partial charge is 0.224 e. The summed E-state index contributed by atoms with van der Waals surface area (Å²) in [6.45, 7) is 2.08. The zero-order valence-electron chi connectivity index (χ0n) is 10.9. The van der Waals surface area contributed by atoms with E-state index in [0.717, 1.165) is 6.42 Å². The number of rotatable bonds is 9. The molecule has 0 aliphatic carbocycles. The Bertz CT molecular complexity index is 398. The van der Waals surface area contributed by atoms with Gasteiger partial charge in [-0.3, -0.25) is 0 Å². The van der Waals surface area contributed by atoms with Gasteiger partial charge in [-0.05, 0) is 18.6 Å². The van der Waals surface area contributed by atoms with Crippen molar-refractivity contribution in [3.05, 3.63) is 23.9 Å². The monoisotopic (exact) mass is 269 g/mol. The van der Waals surface area contributed by atoms with Gasteiger partial charge < -0.3 is 25.2 Å². The van der Waals surface area contributed by atoms with Gasteiger partial charge in [-0.25, -0.2) is 4.98 Å². The lowest BCUT2D eigenvalue weighted by molar-refractivity contribution is 0.0795. The molecule has 0 aliphatic rings. The maximum absolute atomic E-state index is 8.65. The van der Waals surface area contributed by atoms with Gasteiger partial charge in [0, 0.05) is 26.5 Å². The van der Waals surface area contributed by atoms with Crippen molar-refractivity contribution in [1.82, 2.24) is 4.98 Å². The van der Waals surface area contributed by atoms with Crippen LogP contribution in [0.2, 0.25) is 0 Å². The molecule has 7 nitrogen and oxygen atoms in total. The molecule has 19 heavy (non-hydrogen) atoms. The average Bonchev–Trinajstić information content (AvgIpc) is 2.46. The average molecular weight is 269 g/mol. The van der Waals surface area contributed by atoms with Crippen molar-refractivity contribution in [2.75, 3.05) is 33.5 Å². The zero-order valence-corrected chi connectivity index (χ0v) is 10.9. The first-order valence-corrected chi connectivity index (χ1v) is 5.92. The number of nitrogens with two attached hydrogens (primary N) is 1. The van der Waals surface area contributed by atoms with E-state index in [9.17, 15) is 0 Å². The van der Waals surface area contributed by atoms with E-state index >= 15 is 0 Å². The Morgan fingerprint density at radius 2 is 2.21 bits per heavy atom. The number of aromatic nitrogens is 1. The lowest BCUT2D eigenvalue weighted by atomic mass is 10.2. The highest BCUT2D eigenvalue weighted by molar-refractivity contribution is 5.98. The zero-order chi connectivity index (χ0) is 13.9. The molecule has 0 saturated carbocycles. The highest BCUT2D eigenvalue weighted by atomic mass is 16.5. The van der Waals surface area contributed by atoms with E-state index in [2.05, 4.69) is 10.1 Å². The van der Waals surface area contributed by atoms with Crippen LogP contribution in [0.25, 0.3) is 0 Å². The maximum atomic E-state index is 8.65. The SMILES string of the molecule is COCCCOCCOc1ncccc1/C(N)=N/O. The van der Waals surface area contributed by atoms with Gasteiger partial charge >= 0.3 is 0 Å². The van der Waals surface area contributed by atoms with E-state index in [0.29, 0.717) is 37.9 Å². The first-order valence-electron chi connectivity index (χ1n) is 5.92. The van der Waals surface area contributed by atoms with Crippen molar-refractivity contribution in [3.8, 4) is 5.88 Å². The Hall–Kier alpha value is -1.86. The normalized spacial score (nSPS) is 11.5. The molecule has 0 radical (unpaired) electrons. The molecule has 0 aromatic carbocycles. The molecule has 106 valence electrons. The van der Waals surface area contributed by atoms with Crippen molar-refractivity contribution in [2.24, 2.45) is 10.9 Å². The second kappa shape index (κ2) is 9.12.